The minimum atomic E-state index is -0.198. The molecule has 0 bridgehead atoms. The van der Waals surface area contributed by atoms with Gasteiger partial charge in [0.25, 0.3) is 0 Å². The van der Waals surface area contributed by atoms with Crippen LogP contribution < -0.4 is 5.73 Å². The van der Waals surface area contributed by atoms with Gasteiger partial charge in [-0.3, -0.25) is 4.79 Å². The highest BCUT2D eigenvalue weighted by Crippen LogP contribution is 2.45. The number of rotatable bonds is 8. The van der Waals surface area contributed by atoms with Gasteiger partial charge in [0.05, 0.1) is 19.1 Å². The van der Waals surface area contributed by atoms with Gasteiger partial charge < -0.3 is 25.0 Å². The van der Waals surface area contributed by atoms with Crippen LogP contribution >= 0.6 is 0 Å². The molecule has 3 rings (SSSR count). The second-order valence-electron chi connectivity index (χ2n) is 7.09. The first-order chi connectivity index (χ1) is 12.5. The number of carbonyl (C=O) groups excluding carboxylic acids is 1. The number of ether oxygens (including phenoxy) is 1. The highest BCUT2D eigenvalue weighted by atomic mass is 16.5. The van der Waals surface area contributed by atoms with Crippen molar-refractivity contribution in [3.63, 3.8) is 0 Å². The lowest BCUT2D eigenvalue weighted by molar-refractivity contribution is -0.149. The summed E-state index contributed by atoms with van der Waals surface area (Å²) in [7, 11) is 3.95. The van der Waals surface area contributed by atoms with E-state index in [2.05, 4.69) is 15.0 Å². The van der Waals surface area contributed by atoms with E-state index < -0.39 is 0 Å². The summed E-state index contributed by atoms with van der Waals surface area (Å²) >= 11 is 0. The van der Waals surface area contributed by atoms with Crippen LogP contribution in [0.4, 0.5) is 5.95 Å². The van der Waals surface area contributed by atoms with E-state index in [-0.39, 0.29) is 43.0 Å². The van der Waals surface area contributed by atoms with Crippen LogP contribution in [0, 0.1) is 11.8 Å². The number of imidazole rings is 1. The van der Waals surface area contributed by atoms with E-state index in [1.807, 2.05) is 23.6 Å². The minimum absolute atomic E-state index is 0.0337. The third-order valence-electron chi connectivity index (χ3n) is 4.99. The third-order valence-corrected chi connectivity index (χ3v) is 4.99. The Labute approximate surface area is 152 Å². The number of anilines is 1. The standard InChI is InChI=1S/C17H26N6O3/c1-22(2)5-3-4-15(25)26-9-12-11(8-24)6-14(12)23-10-20-13-7-19-17(18)21-16(13)23/h7,10-12,14,24H,3-6,8-9H2,1-2H3,(H2,18,19,21)/t11-,12-,14-/m1/s1. The summed E-state index contributed by atoms with van der Waals surface area (Å²) in [6.45, 7) is 1.21. The van der Waals surface area contributed by atoms with Gasteiger partial charge >= 0.3 is 5.97 Å². The summed E-state index contributed by atoms with van der Waals surface area (Å²) < 4.78 is 7.41. The maximum Gasteiger partial charge on any atom is 0.305 e. The summed E-state index contributed by atoms with van der Waals surface area (Å²) in [6.07, 6.45) is 5.26. The van der Waals surface area contributed by atoms with Gasteiger partial charge in [0.1, 0.15) is 5.52 Å². The molecular weight excluding hydrogens is 336 g/mol. The van der Waals surface area contributed by atoms with Gasteiger partial charge in [-0.15, -0.1) is 0 Å². The second-order valence-corrected chi connectivity index (χ2v) is 7.09. The smallest absolute Gasteiger partial charge is 0.305 e. The number of aliphatic hydroxyl groups is 1. The molecule has 0 radical (unpaired) electrons. The van der Waals surface area contributed by atoms with E-state index in [0.29, 0.717) is 17.6 Å². The van der Waals surface area contributed by atoms with Crippen molar-refractivity contribution in [3.05, 3.63) is 12.5 Å². The first kappa shape index (κ1) is 18.5. The van der Waals surface area contributed by atoms with Crippen molar-refractivity contribution in [3.8, 4) is 0 Å². The first-order valence-electron chi connectivity index (χ1n) is 8.86. The number of aromatic nitrogens is 4. The van der Waals surface area contributed by atoms with E-state index in [4.69, 9.17) is 10.5 Å². The molecule has 3 N–H and O–H groups in total. The quantitative estimate of drug-likeness (QED) is 0.650. The normalized spacial score (nSPS) is 22.5. The lowest BCUT2D eigenvalue weighted by atomic mass is 9.70. The van der Waals surface area contributed by atoms with Crippen LogP contribution in [0.15, 0.2) is 12.5 Å². The van der Waals surface area contributed by atoms with Crippen LogP contribution in [0.5, 0.6) is 0 Å². The van der Waals surface area contributed by atoms with Crippen LogP contribution in [-0.2, 0) is 9.53 Å². The summed E-state index contributed by atoms with van der Waals surface area (Å²) in [6, 6.07) is 0.0704. The van der Waals surface area contributed by atoms with Gasteiger partial charge in [-0.1, -0.05) is 0 Å². The van der Waals surface area contributed by atoms with Gasteiger partial charge in [0.2, 0.25) is 5.95 Å². The molecule has 1 saturated carbocycles. The molecule has 3 atom stereocenters. The van der Waals surface area contributed by atoms with E-state index >= 15 is 0 Å². The van der Waals surface area contributed by atoms with Gasteiger partial charge in [0, 0.05) is 25.0 Å². The molecule has 0 spiro atoms. The molecule has 0 aromatic carbocycles. The number of hydrogen-bond donors (Lipinski definition) is 2. The average molecular weight is 362 g/mol. The lowest BCUT2D eigenvalue weighted by Crippen LogP contribution is -2.43. The molecule has 2 heterocycles. The molecule has 0 unspecified atom stereocenters. The number of esters is 1. The van der Waals surface area contributed by atoms with Crippen LogP contribution in [-0.4, -0.2) is 69.3 Å². The Balaban J connectivity index is 1.63. The fraction of sp³-hybridized carbons (Fsp3) is 0.647. The van der Waals surface area contributed by atoms with Crippen molar-refractivity contribution in [2.75, 3.05) is 39.6 Å². The van der Waals surface area contributed by atoms with Gasteiger partial charge in [-0.2, -0.15) is 4.98 Å². The van der Waals surface area contributed by atoms with Crippen LogP contribution in [0.3, 0.4) is 0 Å². The SMILES string of the molecule is CN(C)CCCC(=O)OC[C@@H]1[C@@H](CO)C[C@H]1n1cnc2cnc(N)nc21. The third kappa shape index (κ3) is 3.94. The predicted molar refractivity (Wildman–Crippen MR) is 96.2 cm³/mol. The van der Waals surface area contributed by atoms with Crippen molar-refractivity contribution < 1.29 is 14.6 Å². The Kier molecular flexibility index (Phi) is 5.67. The van der Waals surface area contributed by atoms with Crippen molar-refractivity contribution in [1.29, 1.82) is 0 Å². The molecule has 0 aliphatic heterocycles. The van der Waals surface area contributed by atoms with Gasteiger partial charge in [0.15, 0.2) is 5.65 Å². The number of carbonyl (C=O) groups is 1. The molecule has 0 saturated heterocycles. The highest BCUT2D eigenvalue weighted by Gasteiger charge is 2.43. The molecule has 9 heteroatoms. The number of nitrogens with two attached hydrogens (primary N) is 1. The summed E-state index contributed by atoms with van der Waals surface area (Å²) in [4.78, 5) is 26.5. The molecule has 26 heavy (non-hydrogen) atoms. The van der Waals surface area contributed by atoms with E-state index in [1.54, 1.807) is 12.5 Å². The maximum absolute atomic E-state index is 12.0. The molecular formula is C17H26N6O3. The summed E-state index contributed by atoms with van der Waals surface area (Å²) in [5.74, 6) is 0.134. The van der Waals surface area contributed by atoms with E-state index in [1.165, 1.54) is 0 Å². The molecule has 1 fully saturated rings. The van der Waals surface area contributed by atoms with Crippen molar-refractivity contribution >= 4 is 23.1 Å². The Morgan fingerprint density at radius 1 is 1.46 bits per heavy atom. The van der Waals surface area contributed by atoms with Crippen molar-refractivity contribution in [1.82, 2.24) is 24.4 Å². The van der Waals surface area contributed by atoms with E-state index in [0.717, 1.165) is 19.4 Å². The number of nitrogens with zero attached hydrogens (tertiary/aromatic N) is 5. The zero-order valence-electron chi connectivity index (χ0n) is 15.2. The molecule has 2 aromatic heterocycles. The molecule has 0 amide bonds. The number of fused-ring (bicyclic) bond motifs is 1. The Morgan fingerprint density at radius 3 is 3.00 bits per heavy atom. The van der Waals surface area contributed by atoms with Crippen LogP contribution in [0.2, 0.25) is 0 Å². The fourth-order valence-corrected chi connectivity index (χ4v) is 3.44. The average Bonchev–Trinajstić information content (AvgIpc) is 2.97. The fourth-order valence-electron chi connectivity index (χ4n) is 3.44. The van der Waals surface area contributed by atoms with Gasteiger partial charge in [-0.05, 0) is 39.4 Å². The minimum Gasteiger partial charge on any atom is -0.465 e. The zero-order valence-corrected chi connectivity index (χ0v) is 15.2. The van der Waals surface area contributed by atoms with Crippen molar-refractivity contribution in [2.24, 2.45) is 11.8 Å². The first-order valence-corrected chi connectivity index (χ1v) is 8.86. The number of hydrogen-bond acceptors (Lipinski definition) is 8. The molecule has 2 aromatic rings. The predicted octanol–water partition coefficient (Wildman–Crippen LogP) is 0.463. The maximum atomic E-state index is 12.0. The Morgan fingerprint density at radius 2 is 2.27 bits per heavy atom. The van der Waals surface area contributed by atoms with Gasteiger partial charge in [-0.25, -0.2) is 9.97 Å². The molecule has 9 nitrogen and oxygen atoms in total. The topological polar surface area (TPSA) is 119 Å². The second kappa shape index (κ2) is 7.96. The number of nitrogen functional groups attached to an aromatic ring is 1. The highest BCUT2D eigenvalue weighted by molar-refractivity contribution is 5.71. The van der Waals surface area contributed by atoms with E-state index in [9.17, 15) is 9.90 Å². The van der Waals surface area contributed by atoms with Crippen molar-refractivity contribution in [2.45, 2.75) is 25.3 Å². The molecule has 142 valence electrons. The lowest BCUT2D eigenvalue weighted by Gasteiger charge is -2.44. The summed E-state index contributed by atoms with van der Waals surface area (Å²) in [5.41, 5.74) is 7.03. The Bertz CT molecular complexity index is 762. The molecule has 1 aliphatic carbocycles. The monoisotopic (exact) mass is 362 g/mol. The number of aliphatic hydroxyl groups excluding tert-OH is 1. The Hall–Kier alpha value is -2.26. The molecule has 1 aliphatic rings. The van der Waals surface area contributed by atoms with Crippen LogP contribution in [0.1, 0.15) is 25.3 Å². The zero-order chi connectivity index (χ0) is 18.7. The summed E-state index contributed by atoms with van der Waals surface area (Å²) in [5, 5.41) is 9.58. The largest absolute Gasteiger partial charge is 0.465 e. The van der Waals surface area contributed by atoms with Crippen LogP contribution in [0.25, 0.3) is 11.2 Å².